The predicted octanol–water partition coefficient (Wildman–Crippen LogP) is 0.789. The molecule has 0 aliphatic heterocycles. The number of carbonyl (C=O) groups excluding carboxylic acids is 1. The van der Waals surface area contributed by atoms with E-state index in [1.54, 1.807) is 6.20 Å². The Bertz CT molecular complexity index is 300. The molecule has 0 aromatic carbocycles. The number of ether oxygens (including phenoxy) is 1. The Morgan fingerprint density at radius 1 is 1.62 bits per heavy atom. The Kier molecular flexibility index (Phi) is 3.37. The second kappa shape index (κ2) is 4.54. The minimum atomic E-state index is 0.353. The number of aromatic nitrogens is 2. The Labute approximate surface area is 77.0 Å². The second-order valence-electron chi connectivity index (χ2n) is 2.55. The summed E-state index contributed by atoms with van der Waals surface area (Å²) in [5, 5.41) is 0. The van der Waals surface area contributed by atoms with Crippen molar-refractivity contribution in [2.75, 3.05) is 7.11 Å². The summed E-state index contributed by atoms with van der Waals surface area (Å²) in [5.74, 6) is 0. The zero-order valence-corrected chi connectivity index (χ0v) is 7.78. The molecule has 1 aromatic rings. The molecule has 4 heteroatoms. The van der Waals surface area contributed by atoms with Gasteiger partial charge >= 0.3 is 6.01 Å². The standard InChI is InChI=1S/C9H12N2O2/c1-3-8-7(4-5-12)6-10-9(11-8)13-2/h5-6H,3-4H2,1-2H3. The molecule has 0 saturated carbocycles. The first-order valence-corrected chi connectivity index (χ1v) is 4.14. The summed E-state index contributed by atoms with van der Waals surface area (Å²) in [6.45, 7) is 1.98. The van der Waals surface area contributed by atoms with Gasteiger partial charge in [-0.05, 0) is 12.0 Å². The molecule has 0 aliphatic rings. The molecule has 0 amide bonds. The normalized spacial score (nSPS) is 9.69. The third-order valence-electron chi connectivity index (χ3n) is 1.75. The monoisotopic (exact) mass is 180 g/mol. The number of hydrogen-bond donors (Lipinski definition) is 0. The van der Waals surface area contributed by atoms with Crippen LogP contribution in [0.3, 0.4) is 0 Å². The van der Waals surface area contributed by atoms with Crippen molar-refractivity contribution < 1.29 is 9.53 Å². The molecule has 0 saturated heterocycles. The molecule has 0 spiro atoms. The molecule has 1 rings (SSSR count). The van der Waals surface area contributed by atoms with Gasteiger partial charge in [0, 0.05) is 12.6 Å². The molecule has 1 heterocycles. The van der Waals surface area contributed by atoms with Crippen molar-refractivity contribution in [1.29, 1.82) is 0 Å². The summed E-state index contributed by atoms with van der Waals surface area (Å²) in [4.78, 5) is 18.4. The van der Waals surface area contributed by atoms with Crippen LogP contribution in [0.2, 0.25) is 0 Å². The van der Waals surface area contributed by atoms with Crippen molar-refractivity contribution in [2.45, 2.75) is 19.8 Å². The summed E-state index contributed by atoms with van der Waals surface area (Å²) in [6, 6.07) is 0.353. The summed E-state index contributed by atoms with van der Waals surface area (Å²) < 4.78 is 4.88. The van der Waals surface area contributed by atoms with Gasteiger partial charge < -0.3 is 9.53 Å². The van der Waals surface area contributed by atoms with Gasteiger partial charge in [0.05, 0.1) is 12.8 Å². The van der Waals surface area contributed by atoms with Crippen LogP contribution in [-0.4, -0.2) is 23.4 Å². The smallest absolute Gasteiger partial charge is 0.316 e. The van der Waals surface area contributed by atoms with Gasteiger partial charge in [0.25, 0.3) is 0 Å². The zero-order valence-electron chi connectivity index (χ0n) is 7.78. The van der Waals surface area contributed by atoms with Crippen LogP contribution in [-0.2, 0) is 17.6 Å². The molecule has 0 fully saturated rings. The van der Waals surface area contributed by atoms with Gasteiger partial charge in [0.2, 0.25) is 0 Å². The van der Waals surface area contributed by atoms with Gasteiger partial charge in [-0.15, -0.1) is 0 Å². The summed E-state index contributed by atoms with van der Waals surface area (Å²) in [5.41, 5.74) is 1.75. The van der Waals surface area contributed by atoms with Crippen LogP contribution in [0.15, 0.2) is 6.20 Å². The molecule has 0 N–H and O–H groups in total. The van der Waals surface area contributed by atoms with Gasteiger partial charge in [-0.3, -0.25) is 0 Å². The first kappa shape index (κ1) is 9.64. The maximum absolute atomic E-state index is 10.3. The van der Waals surface area contributed by atoms with Crippen LogP contribution in [0.1, 0.15) is 18.2 Å². The summed E-state index contributed by atoms with van der Waals surface area (Å²) in [7, 11) is 1.52. The van der Waals surface area contributed by atoms with Crippen LogP contribution < -0.4 is 4.74 Å². The van der Waals surface area contributed by atoms with Crippen molar-refractivity contribution in [3.8, 4) is 6.01 Å². The fourth-order valence-electron chi connectivity index (χ4n) is 1.09. The number of aldehydes is 1. The predicted molar refractivity (Wildman–Crippen MR) is 47.7 cm³/mol. The molecule has 4 nitrogen and oxygen atoms in total. The Morgan fingerprint density at radius 3 is 2.92 bits per heavy atom. The SMILES string of the molecule is CCc1nc(OC)ncc1CC=O. The van der Waals surface area contributed by atoms with E-state index < -0.39 is 0 Å². The van der Waals surface area contributed by atoms with E-state index in [4.69, 9.17) is 4.74 Å². The third-order valence-corrected chi connectivity index (χ3v) is 1.75. The van der Waals surface area contributed by atoms with E-state index in [2.05, 4.69) is 9.97 Å². The van der Waals surface area contributed by atoms with E-state index in [1.165, 1.54) is 7.11 Å². The number of methoxy groups -OCH3 is 1. The van der Waals surface area contributed by atoms with Crippen LogP contribution >= 0.6 is 0 Å². The number of carbonyl (C=O) groups is 1. The molecule has 70 valence electrons. The summed E-state index contributed by atoms with van der Waals surface area (Å²) >= 11 is 0. The van der Waals surface area contributed by atoms with Crippen molar-refractivity contribution >= 4 is 6.29 Å². The van der Waals surface area contributed by atoms with E-state index in [0.29, 0.717) is 12.4 Å². The van der Waals surface area contributed by atoms with Gasteiger partial charge in [-0.1, -0.05) is 6.92 Å². The zero-order chi connectivity index (χ0) is 9.68. The van der Waals surface area contributed by atoms with Crippen LogP contribution in [0.5, 0.6) is 6.01 Å². The quantitative estimate of drug-likeness (QED) is 0.643. The van der Waals surface area contributed by atoms with Gasteiger partial charge in [0.15, 0.2) is 0 Å². The lowest BCUT2D eigenvalue weighted by Gasteiger charge is -2.04. The molecule has 0 aliphatic carbocycles. The number of rotatable bonds is 4. The van der Waals surface area contributed by atoms with Gasteiger partial charge in [0.1, 0.15) is 6.29 Å². The maximum atomic E-state index is 10.3. The highest BCUT2D eigenvalue weighted by atomic mass is 16.5. The van der Waals surface area contributed by atoms with Gasteiger partial charge in [-0.2, -0.15) is 4.98 Å². The van der Waals surface area contributed by atoms with Gasteiger partial charge in [-0.25, -0.2) is 4.98 Å². The van der Waals surface area contributed by atoms with Crippen molar-refractivity contribution in [3.05, 3.63) is 17.5 Å². The molecule has 1 aromatic heterocycles. The second-order valence-corrected chi connectivity index (χ2v) is 2.55. The van der Waals surface area contributed by atoms with Crippen molar-refractivity contribution in [2.24, 2.45) is 0 Å². The van der Waals surface area contributed by atoms with Crippen molar-refractivity contribution in [3.63, 3.8) is 0 Å². The molecule has 0 bridgehead atoms. The fourth-order valence-corrected chi connectivity index (χ4v) is 1.09. The fraction of sp³-hybridized carbons (Fsp3) is 0.444. The molecular weight excluding hydrogens is 168 g/mol. The van der Waals surface area contributed by atoms with E-state index in [0.717, 1.165) is 24.0 Å². The number of aryl methyl sites for hydroxylation is 1. The van der Waals surface area contributed by atoms with Crippen molar-refractivity contribution in [1.82, 2.24) is 9.97 Å². The molecule has 13 heavy (non-hydrogen) atoms. The van der Waals surface area contributed by atoms with Crippen LogP contribution in [0.25, 0.3) is 0 Å². The molecule has 0 radical (unpaired) electrons. The van der Waals surface area contributed by atoms with E-state index in [-0.39, 0.29) is 0 Å². The first-order chi connectivity index (χ1) is 6.31. The lowest BCUT2D eigenvalue weighted by atomic mass is 10.1. The molecular formula is C9H12N2O2. The maximum Gasteiger partial charge on any atom is 0.316 e. The largest absolute Gasteiger partial charge is 0.467 e. The average molecular weight is 180 g/mol. The first-order valence-electron chi connectivity index (χ1n) is 4.14. The lowest BCUT2D eigenvalue weighted by molar-refractivity contribution is -0.107. The Hall–Kier alpha value is -1.45. The van der Waals surface area contributed by atoms with Crippen LogP contribution in [0.4, 0.5) is 0 Å². The van der Waals surface area contributed by atoms with E-state index >= 15 is 0 Å². The van der Waals surface area contributed by atoms with E-state index in [1.807, 2.05) is 6.92 Å². The third kappa shape index (κ3) is 2.24. The molecule has 0 atom stereocenters. The average Bonchev–Trinajstić information content (AvgIpc) is 2.19. The Morgan fingerprint density at radius 2 is 2.38 bits per heavy atom. The minimum absolute atomic E-state index is 0.353. The highest BCUT2D eigenvalue weighted by Gasteiger charge is 2.04. The highest BCUT2D eigenvalue weighted by Crippen LogP contribution is 2.09. The number of hydrogen-bond acceptors (Lipinski definition) is 4. The Balaban J connectivity index is 3.00. The minimum Gasteiger partial charge on any atom is -0.467 e. The molecule has 0 unspecified atom stereocenters. The lowest BCUT2D eigenvalue weighted by Crippen LogP contribution is -2.01. The highest BCUT2D eigenvalue weighted by molar-refractivity contribution is 5.55. The topological polar surface area (TPSA) is 52.1 Å². The number of nitrogens with zero attached hydrogens (tertiary/aromatic N) is 2. The van der Waals surface area contributed by atoms with E-state index in [9.17, 15) is 4.79 Å². The van der Waals surface area contributed by atoms with Crippen LogP contribution in [0, 0.1) is 0 Å². The summed E-state index contributed by atoms with van der Waals surface area (Å²) in [6.07, 6.45) is 3.64.